The maximum Gasteiger partial charge on any atom is 0.356 e. The minimum absolute atomic E-state index is 0.516. The zero-order valence-corrected chi connectivity index (χ0v) is 16.8. The lowest BCUT2D eigenvalue weighted by atomic mass is 10.1. The fraction of sp³-hybridized carbons (Fsp3) is 0.895. The summed E-state index contributed by atoms with van der Waals surface area (Å²) in [4.78, 5) is 0. The summed E-state index contributed by atoms with van der Waals surface area (Å²) in [5, 5.41) is 0.790. The Labute approximate surface area is 144 Å². The van der Waals surface area contributed by atoms with Gasteiger partial charge in [-0.3, -0.25) is 4.57 Å². The molecule has 138 valence electrons. The van der Waals surface area contributed by atoms with E-state index in [0.29, 0.717) is 13.2 Å². The van der Waals surface area contributed by atoms with E-state index in [1.54, 1.807) is 0 Å². The fourth-order valence-electron chi connectivity index (χ4n) is 2.25. The average molecular weight is 346 g/mol. The van der Waals surface area contributed by atoms with Gasteiger partial charge in [0.05, 0.1) is 13.2 Å². The standard InChI is InChI=1S/C19H39O3P/c1-5-8-11-12-13-14-15-16-19(4)23(20,21-17-9-6-2)22-18-10-7-3/h16H,5-15,17-18H2,1-4H3/b19-16-. The fourth-order valence-corrected chi connectivity index (χ4v) is 3.82. The van der Waals surface area contributed by atoms with E-state index >= 15 is 0 Å². The second-order valence-electron chi connectivity index (χ2n) is 6.27. The highest BCUT2D eigenvalue weighted by Gasteiger charge is 2.26. The summed E-state index contributed by atoms with van der Waals surface area (Å²) in [7, 11) is -3.07. The molecule has 0 spiro atoms. The molecule has 0 rings (SSSR count). The van der Waals surface area contributed by atoms with Crippen LogP contribution in [0.1, 0.15) is 98.3 Å². The molecule has 23 heavy (non-hydrogen) atoms. The lowest BCUT2D eigenvalue weighted by molar-refractivity contribution is 0.205. The molecular weight excluding hydrogens is 307 g/mol. The molecule has 0 N–H and O–H groups in total. The molecule has 0 heterocycles. The Morgan fingerprint density at radius 2 is 1.26 bits per heavy atom. The van der Waals surface area contributed by atoms with Gasteiger partial charge in [0.25, 0.3) is 0 Å². The molecule has 0 aliphatic carbocycles. The normalized spacial score (nSPS) is 12.8. The van der Waals surface area contributed by atoms with Crippen LogP contribution < -0.4 is 0 Å². The van der Waals surface area contributed by atoms with Crippen LogP contribution in [0.4, 0.5) is 0 Å². The SMILES string of the molecule is CCCCCCCC/C=C(/C)P(=O)(OCCCC)OCCCC. The maximum absolute atomic E-state index is 13.0. The van der Waals surface area contributed by atoms with Crippen molar-refractivity contribution in [1.29, 1.82) is 0 Å². The van der Waals surface area contributed by atoms with Gasteiger partial charge in [0.15, 0.2) is 0 Å². The number of allylic oxidation sites excluding steroid dienone is 2. The Kier molecular flexibility index (Phi) is 15.3. The quantitative estimate of drug-likeness (QED) is 0.215. The molecule has 3 nitrogen and oxygen atoms in total. The van der Waals surface area contributed by atoms with E-state index in [2.05, 4.69) is 26.8 Å². The molecule has 0 bridgehead atoms. The van der Waals surface area contributed by atoms with Gasteiger partial charge in [-0.1, -0.05) is 71.8 Å². The van der Waals surface area contributed by atoms with Crippen LogP contribution in [-0.2, 0) is 13.6 Å². The molecule has 0 amide bonds. The largest absolute Gasteiger partial charge is 0.356 e. The van der Waals surface area contributed by atoms with Crippen molar-refractivity contribution >= 4 is 7.60 Å². The number of hydrogen-bond acceptors (Lipinski definition) is 3. The van der Waals surface area contributed by atoms with Gasteiger partial charge in [-0.25, -0.2) is 0 Å². The van der Waals surface area contributed by atoms with Gasteiger partial charge in [-0.05, 0) is 32.6 Å². The smallest absolute Gasteiger partial charge is 0.305 e. The van der Waals surface area contributed by atoms with Crippen molar-refractivity contribution in [2.24, 2.45) is 0 Å². The predicted molar refractivity (Wildman–Crippen MR) is 101 cm³/mol. The lowest BCUT2D eigenvalue weighted by Gasteiger charge is -2.19. The van der Waals surface area contributed by atoms with Crippen LogP contribution in [0.3, 0.4) is 0 Å². The Balaban J connectivity index is 4.31. The zero-order valence-electron chi connectivity index (χ0n) is 15.9. The first kappa shape index (κ1) is 22.9. The first-order valence-electron chi connectivity index (χ1n) is 9.67. The van der Waals surface area contributed by atoms with Crippen LogP contribution in [0.25, 0.3) is 0 Å². The van der Waals surface area contributed by atoms with Gasteiger partial charge in [0.1, 0.15) is 0 Å². The Bertz CT molecular complexity index is 326. The van der Waals surface area contributed by atoms with Crippen molar-refractivity contribution in [3.8, 4) is 0 Å². The van der Waals surface area contributed by atoms with Crippen molar-refractivity contribution in [2.45, 2.75) is 98.3 Å². The van der Waals surface area contributed by atoms with E-state index in [0.717, 1.165) is 43.8 Å². The summed E-state index contributed by atoms with van der Waals surface area (Å²) in [6, 6.07) is 0. The van der Waals surface area contributed by atoms with Crippen molar-refractivity contribution in [1.82, 2.24) is 0 Å². The van der Waals surface area contributed by atoms with Crippen molar-refractivity contribution in [2.75, 3.05) is 13.2 Å². The molecule has 0 aromatic heterocycles. The molecule has 0 radical (unpaired) electrons. The third-order valence-electron chi connectivity index (χ3n) is 3.95. The molecule has 0 unspecified atom stereocenters. The maximum atomic E-state index is 13.0. The predicted octanol–water partition coefficient (Wildman–Crippen LogP) is 7.47. The highest BCUT2D eigenvalue weighted by molar-refractivity contribution is 7.58. The lowest BCUT2D eigenvalue weighted by Crippen LogP contribution is -2.00. The Morgan fingerprint density at radius 1 is 0.783 bits per heavy atom. The van der Waals surface area contributed by atoms with E-state index in [4.69, 9.17) is 9.05 Å². The number of hydrogen-bond donors (Lipinski definition) is 0. The summed E-state index contributed by atoms with van der Waals surface area (Å²) in [6.07, 6.45) is 14.6. The van der Waals surface area contributed by atoms with Gasteiger partial charge in [-0.2, -0.15) is 0 Å². The van der Waals surface area contributed by atoms with Gasteiger partial charge in [0, 0.05) is 5.31 Å². The van der Waals surface area contributed by atoms with Crippen LogP contribution in [0.5, 0.6) is 0 Å². The molecule has 0 aliphatic rings. The average Bonchev–Trinajstić information content (AvgIpc) is 2.54. The molecule has 0 aromatic carbocycles. The minimum atomic E-state index is -3.07. The Hall–Kier alpha value is -0.110. The van der Waals surface area contributed by atoms with Gasteiger partial charge >= 0.3 is 7.60 Å². The minimum Gasteiger partial charge on any atom is -0.305 e. The summed E-state index contributed by atoms with van der Waals surface area (Å²) >= 11 is 0. The van der Waals surface area contributed by atoms with Crippen LogP contribution in [-0.4, -0.2) is 13.2 Å². The van der Waals surface area contributed by atoms with E-state index < -0.39 is 7.60 Å². The van der Waals surface area contributed by atoms with E-state index in [-0.39, 0.29) is 0 Å². The highest BCUT2D eigenvalue weighted by atomic mass is 31.2. The van der Waals surface area contributed by atoms with Crippen molar-refractivity contribution in [3.05, 3.63) is 11.4 Å². The monoisotopic (exact) mass is 346 g/mol. The third-order valence-corrected chi connectivity index (χ3v) is 6.04. The summed E-state index contributed by atoms with van der Waals surface area (Å²) in [5.74, 6) is 0. The van der Waals surface area contributed by atoms with Crippen LogP contribution >= 0.6 is 7.60 Å². The molecule has 0 aliphatic heterocycles. The summed E-state index contributed by atoms with van der Waals surface area (Å²) in [5.41, 5.74) is 0. The summed E-state index contributed by atoms with van der Waals surface area (Å²) in [6.45, 7) is 9.38. The third kappa shape index (κ3) is 12.0. The molecule has 4 heteroatoms. The van der Waals surface area contributed by atoms with Gasteiger partial charge < -0.3 is 9.05 Å². The molecular formula is C19H39O3P. The molecule has 0 fully saturated rings. The second kappa shape index (κ2) is 15.4. The van der Waals surface area contributed by atoms with Crippen molar-refractivity contribution in [3.63, 3.8) is 0 Å². The highest BCUT2D eigenvalue weighted by Crippen LogP contribution is 2.56. The van der Waals surface area contributed by atoms with Gasteiger partial charge in [-0.15, -0.1) is 0 Å². The first-order chi connectivity index (χ1) is 11.1. The molecule has 0 saturated carbocycles. The van der Waals surface area contributed by atoms with E-state index in [1.165, 1.54) is 32.1 Å². The second-order valence-corrected chi connectivity index (χ2v) is 8.49. The van der Waals surface area contributed by atoms with Crippen LogP contribution in [0.15, 0.2) is 11.4 Å². The zero-order chi connectivity index (χ0) is 17.4. The van der Waals surface area contributed by atoms with Gasteiger partial charge in [0.2, 0.25) is 0 Å². The Morgan fingerprint density at radius 3 is 1.78 bits per heavy atom. The molecule has 0 saturated heterocycles. The van der Waals surface area contributed by atoms with E-state index in [1.807, 2.05) is 6.92 Å². The number of rotatable bonds is 16. The molecule has 0 aromatic rings. The summed E-state index contributed by atoms with van der Waals surface area (Å²) < 4.78 is 24.3. The van der Waals surface area contributed by atoms with Crippen LogP contribution in [0.2, 0.25) is 0 Å². The van der Waals surface area contributed by atoms with Crippen LogP contribution in [0, 0.1) is 0 Å². The van der Waals surface area contributed by atoms with E-state index in [9.17, 15) is 4.57 Å². The first-order valence-corrected chi connectivity index (χ1v) is 11.2. The van der Waals surface area contributed by atoms with Crippen molar-refractivity contribution < 1.29 is 13.6 Å². The number of unbranched alkanes of at least 4 members (excludes halogenated alkanes) is 8. The topological polar surface area (TPSA) is 35.5 Å². The molecule has 0 atom stereocenters.